The summed E-state index contributed by atoms with van der Waals surface area (Å²) < 4.78 is 5.89. The van der Waals surface area contributed by atoms with Crippen molar-refractivity contribution in [1.29, 1.82) is 0 Å². The van der Waals surface area contributed by atoms with Gasteiger partial charge in [0.05, 0.1) is 6.10 Å². The second kappa shape index (κ2) is 14.7. The molecule has 0 aromatic carbocycles. The molecule has 0 aromatic heterocycles. The van der Waals surface area contributed by atoms with Gasteiger partial charge in [-0.1, -0.05) is 58.8 Å². The van der Waals surface area contributed by atoms with Crippen LogP contribution in [0.15, 0.2) is 0 Å². The molecule has 18 heavy (non-hydrogen) atoms. The van der Waals surface area contributed by atoms with Gasteiger partial charge in [-0.3, -0.25) is 0 Å². The van der Waals surface area contributed by atoms with E-state index in [0.717, 1.165) is 19.3 Å². The molecule has 0 aliphatic heterocycles. The van der Waals surface area contributed by atoms with Crippen molar-refractivity contribution in [2.24, 2.45) is 0 Å². The van der Waals surface area contributed by atoms with E-state index in [1.807, 2.05) is 0 Å². The van der Waals surface area contributed by atoms with Gasteiger partial charge in [-0.05, 0) is 19.3 Å². The van der Waals surface area contributed by atoms with Crippen molar-refractivity contribution >= 4 is 6.29 Å². The van der Waals surface area contributed by atoms with Crippen LogP contribution >= 0.6 is 0 Å². The van der Waals surface area contributed by atoms with Gasteiger partial charge in [-0.25, -0.2) is 0 Å². The molecular formula is C16H32O2. The fraction of sp³-hybridized carbons (Fsp3) is 0.938. The summed E-state index contributed by atoms with van der Waals surface area (Å²) in [5, 5.41) is 0. The van der Waals surface area contributed by atoms with Crippen LogP contribution in [0.1, 0.15) is 84.5 Å². The number of rotatable bonds is 14. The van der Waals surface area contributed by atoms with Gasteiger partial charge >= 0.3 is 0 Å². The van der Waals surface area contributed by atoms with E-state index in [9.17, 15) is 4.79 Å². The molecule has 0 spiro atoms. The van der Waals surface area contributed by atoms with Crippen LogP contribution in [0, 0.1) is 0 Å². The summed E-state index contributed by atoms with van der Waals surface area (Å²) in [4.78, 5) is 10.2. The summed E-state index contributed by atoms with van der Waals surface area (Å²) >= 11 is 0. The molecular weight excluding hydrogens is 224 g/mol. The number of unbranched alkanes of at least 4 members (excludes halogenated alkanes) is 6. The minimum atomic E-state index is 0.429. The van der Waals surface area contributed by atoms with Crippen LogP contribution in [0.2, 0.25) is 0 Å². The molecule has 108 valence electrons. The molecule has 0 radical (unpaired) electrons. The average Bonchev–Trinajstić information content (AvgIpc) is 2.39. The lowest BCUT2D eigenvalue weighted by Crippen LogP contribution is -2.14. The Kier molecular flexibility index (Phi) is 14.4. The molecule has 0 amide bonds. The smallest absolute Gasteiger partial charge is 0.120 e. The van der Waals surface area contributed by atoms with Crippen LogP contribution in [0.5, 0.6) is 0 Å². The standard InChI is InChI=1S/C16H32O2/c1-3-5-7-8-9-13-16(12-6-4-2)18-15-11-10-14-17/h14,16H,3-13,15H2,1-2H3. The average molecular weight is 256 g/mol. The summed E-state index contributed by atoms with van der Waals surface area (Å²) in [7, 11) is 0. The summed E-state index contributed by atoms with van der Waals surface area (Å²) in [6.07, 6.45) is 14.5. The molecule has 0 N–H and O–H groups in total. The van der Waals surface area contributed by atoms with Crippen molar-refractivity contribution in [2.75, 3.05) is 6.61 Å². The Morgan fingerprint density at radius 1 is 0.889 bits per heavy atom. The van der Waals surface area contributed by atoms with Gasteiger partial charge in [-0.2, -0.15) is 0 Å². The lowest BCUT2D eigenvalue weighted by molar-refractivity contribution is -0.108. The van der Waals surface area contributed by atoms with E-state index in [1.54, 1.807) is 0 Å². The molecule has 0 aliphatic rings. The van der Waals surface area contributed by atoms with Crippen LogP contribution < -0.4 is 0 Å². The second-order valence-electron chi connectivity index (χ2n) is 5.15. The van der Waals surface area contributed by atoms with Crippen LogP contribution in [0.4, 0.5) is 0 Å². The van der Waals surface area contributed by atoms with E-state index in [2.05, 4.69) is 13.8 Å². The third-order valence-electron chi connectivity index (χ3n) is 3.33. The first-order chi connectivity index (χ1) is 8.85. The number of hydrogen-bond donors (Lipinski definition) is 0. The number of hydrogen-bond acceptors (Lipinski definition) is 2. The number of aldehydes is 1. The summed E-state index contributed by atoms with van der Waals surface area (Å²) in [5.74, 6) is 0. The van der Waals surface area contributed by atoms with Crippen LogP contribution in [-0.2, 0) is 9.53 Å². The minimum absolute atomic E-state index is 0.429. The Balaban J connectivity index is 3.59. The highest BCUT2D eigenvalue weighted by Crippen LogP contribution is 2.15. The molecule has 2 nitrogen and oxygen atoms in total. The first kappa shape index (κ1) is 17.6. The van der Waals surface area contributed by atoms with Gasteiger partial charge in [0.2, 0.25) is 0 Å². The van der Waals surface area contributed by atoms with Gasteiger partial charge in [0.25, 0.3) is 0 Å². The molecule has 0 aliphatic carbocycles. The number of ether oxygens (including phenoxy) is 1. The van der Waals surface area contributed by atoms with Gasteiger partial charge in [-0.15, -0.1) is 0 Å². The predicted molar refractivity (Wildman–Crippen MR) is 77.9 cm³/mol. The fourth-order valence-corrected chi connectivity index (χ4v) is 2.14. The van der Waals surface area contributed by atoms with Crippen molar-refractivity contribution in [3.63, 3.8) is 0 Å². The molecule has 0 aromatic rings. The summed E-state index contributed by atoms with van der Waals surface area (Å²) in [5.41, 5.74) is 0. The quantitative estimate of drug-likeness (QED) is 0.326. The lowest BCUT2D eigenvalue weighted by Gasteiger charge is -2.17. The maximum atomic E-state index is 10.2. The summed E-state index contributed by atoms with van der Waals surface area (Å²) in [6, 6.07) is 0. The molecule has 0 fully saturated rings. The number of carbonyl (C=O) groups excluding carboxylic acids is 1. The van der Waals surface area contributed by atoms with Crippen molar-refractivity contribution in [1.82, 2.24) is 0 Å². The Labute approximate surface area is 113 Å². The Morgan fingerprint density at radius 2 is 1.56 bits per heavy atom. The fourth-order valence-electron chi connectivity index (χ4n) is 2.14. The minimum Gasteiger partial charge on any atom is -0.378 e. The Morgan fingerprint density at radius 3 is 2.22 bits per heavy atom. The van der Waals surface area contributed by atoms with E-state index in [0.29, 0.717) is 12.5 Å². The number of carbonyl (C=O) groups is 1. The van der Waals surface area contributed by atoms with E-state index in [-0.39, 0.29) is 0 Å². The largest absolute Gasteiger partial charge is 0.378 e. The second-order valence-corrected chi connectivity index (χ2v) is 5.15. The zero-order valence-corrected chi connectivity index (χ0v) is 12.5. The maximum absolute atomic E-state index is 10.2. The van der Waals surface area contributed by atoms with Crippen molar-refractivity contribution in [3.05, 3.63) is 0 Å². The Hall–Kier alpha value is -0.370. The molecule has 0 rings (SSSR count). The van der Waals surface area contributed by atoms with Gasteiger partial charge in [0.15, 0.2) is 0 Å². The SMILES string of the molecule is CCCCCCCC(CCCC)OCCCC=O. The van der Waals surface area contributed by atoms with Gasteiger partial charge < -0.3 is 9.53 Å². The molecule has 1 unspecified atom stereocenters. The lowest BCUT2D eigenvalue weighted by atomic mass is 10.0. The van der Waals surface area contributed by atoms with E-state index in [4.69, 9.17) is 4.74 Å². The molecule has 0 saturated heterocycles. The third kappa shape index (κ3) is 12.1. The highest BCUT2D eigenvalue weighted by atomic mass is 16.5. The van der Waals surface area contributed by atoms with E-state index < -0.39 is 0 Å². The van der Waals surface area contributed by atoms with Crippen LogP contribution in [0.25, 0.3) is 0 Å². The molecule has 0 saturated carbocycles. The monoisotopic (exact) mass is 256 g/mol. The van der Waals surface area contributed by atoms with E-state index in [1.165, 1.54) is 57.8 Å². The highest BCUT2D eigenvalue weighted by molar-refractivity contribution is 5.48. The molecule has 1 atom stereocenters. The molecule has 0 bridgehead atoms. The Bertz CT molecular complexity index is 168. The first-order valence-electron chi connectivity index (χ1n) is 7.90. The molecule has 0 heterocycles. The van der Waals surface area contributed by atoms with Crippen molar-refractivity contribution < 1.29 is 9.53 Å². The van der Waals surface area contributed by atoms with Crippen molar-refractivity contribution in [2.45, 2.75) is 90.6 Å². The maximum Gasteiger partial charge on any atom is 0.120 e. The van der Waals surface area contributed by atoms with Gasteiger partial charge in [0.1, 0.15) is 6.29 Å². The van der Waals surface area contributed by atoms with Crippen molar-refractivity contribution in [3.8, 4) is 0 Å². The van der Waals surface area contributed by atoms with Gasteiger partial charge in [0, 0.05) is 13.0 Å². The zero-order valence-electron chi connectivity index (χ0n) is 12.5. The summed E-state index contributed by atoms with van der Waals surface area (Å²) in [6.45, 7) is 5.23. The highest BCUT2D eigenvalue weighted by Gasteiger charge is 2.08. The van der Waals surface area contributed by atoms with Crippen LogP contribution in [-0.4, -0.2) is 19.0 Å². The topological polar surface area (TPSA) is 26.3 Å². The zero-order chi connectivity index (χ0) is 13.5. The predicted octanol–water partition coefficient (Wildman–Crippen LogP) is 4.90. The third-order valence-corrected chi connectivity index (χ3v) is 3.33. The molecule has 2 heteroatoms. The van der Waals surface area contributed by atoms with E-state index >= 15 is 0 Å². The van der Waals surface area contributed by atoms with Crippen LogP contribution in [0.3, 0.4) is 0 Å². The normalized spacial score (nSPS) is 12.6. The first-order valence-corrected chi connectivity index (χ1v) is 7.90.